The van der Waals surface area contributed by atoms with Crippen LogP contribution in [0.15, 0.2) is 22.7 Å². The number of aryl methyl sites for hydroxylation is 2. The van der Waals surface area contributed by atoms with Gasteiger partial charge in [-0.05, 0) is 67.9 Å². The van der Waals surface area contributed by atoms with E-state index >= 15 is 0 Å². The number of rotatable bonds is 21. The van der Waals surface area contributed by atoms with Crippen molar-refractivity contribution in [2.75, 3.05) is 39.6 Å². The summed E-state index contributed by atoms with van der Waals surface area (Å²) in [6.45, 7) is 12.1. The third kappa shape index (κ3) is 13.8. The zero-order chi connectivity index (χ0) is 25.0. The van der Waals surface area contributed by atoms with Crippen molar-refractivity contribution in [2.24, 2.45) is 0 Å². The summed E-state index contributed by atoms with van der Waals surface area (Å²) in [5, 5.41) is 0. The Hall–Kier alpha value is -0.980. The first-order valence-electron chi connectivity index (χ1n) is 12.8. The Balaban J connectivity index is 2.43. The van der Waals surface area contributed by atoms with Crippen molar-refractivity contribution in [3.8, 4) is 11.5 Å². The molecule has 0 aliphatic heterocycles. The predicted octanol–water partition coefficient (Wildman–Crippen LogP) is 7.64. The van der Waals surface area contributed by atoms with Crippen LogP contribution >= 0.6 is 23.2 Å². The molecule has 7 heteroatoms. The topological polar surface area (TPSA) is 46.2 Å². The van der Waals surface area contributed by atoms with Crippen LogP contribution in [0.25, 0.3) is 0 Å². The molecule has 0 aliphatic carbocycles. The Morgan fingerprint density at radius 3 is 1.91 bits per heavy atom. The minimum atomic E-state index is -0.273. The number of hydrogen-bond donors (Lipinski definition) is 0. The molecule has 0 aliphatic rings. The van der Waals surface area contributed by atoms with Crippen LogP contribution in [-0.2, 0) is 27.1 Å². The highest BCUT2D eigenvalue weighted by Gasteiger charge is 2.12. The molecule has 0 aromatic heterocycles. The summed E-state index contributed by atoms with van der Waals surface area (Å²) in [6, 6.07) is 4.07. The lowest BCUT2D eigenvalue weighted by molar-refractivity contribution is -0.173. The fourth-order valence-corrected chi connectivity index (χ4v) is 3.37. The lowest BCUT2D eigenvalue weighted by atomic mass is 10.0. The zero-order valence-electron chi connectivity index (χ0n) is 21.5. The van der Waals surface area contributed by atoms with Crippen molar-refractivity contribution in [3.05, 3.63) is 33.8 Å². The Kier molecular flexibility index (Phi) is 18.5. The molecule has 0 saturated carbocycles. The van der Waals surface area contributed by atoms with Crippen molar-refractivity contribution >= 4 is 23.2 Å². The second-order valence-electron chi connectivity index (χ2n) is 8.09. The second kappa shape index (κ2) is 20.2. The molecular formula is C27H44Cl2O5. The lowest BCUT2D eigenvalue weighted by Gasteiger charge is -2.19. The van der Waals surface area contributed by atoms with Gasteiger partial charge in [-0.2, -0.15) is 0 Å². The van der Waals surface area contributed by atoms with Crippen molar-refractivity contribution in [1.82, 2.24) is 0 Å². The van der Waals surface area contributed by atoms with Crippen molar-refractivity contribution in [1.29, 1.82) is 0 Å². The Morgan fingerprint density at radius 1 is 0.794 bits per heavy atom. The molecule has 1 rings (SSSR count). The average Bonchev–Trinajstić information content (AvgIpc) is 2.83. The molecule has 5 nitrogen and oxygen atoms in total. The minimum Gasteiger partial charge on any atom is -0.493 e. The maximum Gasteiger partial charge on any atom is 0.180 e. The monoisotopic (exact) mass is 518 g/mol. The summed E-state index contributed by atoms with van der Waals surface area (Å²) >= 11 is 11.3. The Labute approximate surface area is 217 Å². The summed E-state index contributed by atoms with van der Waals surface area (Å²) in [5.74, 6) is 1.77. The zero-order valence-corrected chi connectivity index (χ0v) is 23.0. The summed E-state index contributed by atoms with van der Waals surface area (Å²) in [5.41, 5.74) is 2.28. The van der Waals surface area contributed by atoms with Crippen LogP contribution in [0.1, 0.15) is 77.3 Å². The molecule has 0 fully saturated rings. The minimum absolute atomic E-state index is 0.207. The van der Waals surface area contributed by atoms with Gasteiger partial charge in [0.25, 0.3) is 0 Å². The molecule has 0 radical (unpaired) electrons. The molecular weight excluding hydrogens is 475 g/mol. The van der Waals surface area contributed by atoms with Gasteiger partial charge in [0, 0.05) is 19.8 Å². The smallest absolute Gasteiger partial charge is 0.180 e. The van der Waals surface area contributed by atoms with Crippen LogP contribution in [0.4, 0.5) is 0 Å². The largest absolute Gasteiger partial charge is 0.493 e. The van der Waals surface area contributed by atoms with Crippen LogP contribution in [0, 0.1) is 0 Å². The normalized spacial score (nSPS) is 11.1. The first kappa shape index (κ1) is 31.1. The summed E-state index contributed by atoms with van der Waals surface area (Å²) in [6.07, 6.45) is 9.23. The number of ether oxygens (including phenoxy) is 5. The van der Waals surface area contributed by atoms with E-state index in [0.717, 1.165) is 74.0 Å². The van der Waals surface area contributed by atoms with Crippen LogP contribution in [-0.4, -0.2) is 45.9 Å². The van der Waals surface area contributed by atoms with Gasteiger partial charge < -0.3 is 23.7 Å². The molecule has 1 aromatic rings. The first-order valence-corrected chi connectivity index (χ1v) is 13.5. The van der Waals surface area contributed by atoms with Gasteiger partial charge in [0.05, 0.1) is 13.2 Å². The molecule has 0 unspecified atom stereocenters. The molecule has 0 bridgehead atoms. The molecule has 196 valence electrons. The third-order valence-electron chi connectivity index (χ3n) is 5.25. The predicted molar refractivity (Wildman–Crippen MR) is 142 cm³/mol. The van der Waals surface area contributed by atoms with E-state index in [1.54, 1.807) is 6.08 Å². The number of halogens is 2. The van der Waals surface area contributed by atoms with E-state index < -0.39 is 0 Å². The standard InChI is InChI=1S/C27H44Cl2O5/c1-5-9-15-32-26(33-16-10-6-2)21-30-14-11-12-17-34-27-22(7-3)19-24(20-23(27)8-4)31-18-13-25(28)29/h13,19-20,26H,5-12,14-18,21H2,1-4H3. The summed E-state index contributed by atoms with van der Waals surface area (Å²) in [4.78, 5) is 0. The molecule has 1 aromatic carbocycles. The van der Waals surface area contributed by atoms with Gasteiger partial charge in [0.2, 0.25) is 0 Å². The van der Waals surface area contributed by atoms with E-state index in [1.165, 1.54) is 0 Å². The van der Waals surface area contributed by atoms with Crippen LogP contribution in [0.3, 0.4) is 0 Å². The molecule has 0 spiro atoms. The van der Waals surface area contributed by atoms with Gasteiger partial charge in [0.1, 0.15) is 22.6 Å². The highest BCUT2D eigenvalue weighted by molar-refractivity contribution is 6.55. The number of benzene rings is 1. The summed E-state index contributed by atoms with van der Waals surface area (Å²) < 4.78 is 29.6. The van der Waals surface area contributed by atoms with Crippen LogP contribution in [0.5, 0.6) is 11.5 Å². The SMILES string of the molecule is CCCCOC(COCCCCOc1c(CC)cc(OCC=C(Cl)Cl)cc1CC)OCCCC. The number of hydrogen-bond acceptors (Lipinski definition) is 5. The van der Waals surface area contributed by atoms with Gasteiger partial charge in [-0.1, -0.05) is 63.7 Å². The van der Waals surface area contributed by atoms with Gasteiger partial charge >= 0.3 is 0 Å². The van der Waals surface area contributed by atoms with Crippen LogP contribution in [0.2, 0.25) is 0 Å². The van der Waals surface area contributed by atoms with Gasteiger partial charge in [-0.3, -0.25) is 0 Å². The molecule has 0 atom stereocenters. The average molecular weight is 520 g/mol. The highest BCUT2D eigenvalue weighted by Crippen LogP contribution is 2.31. The second-order valence-corrected chi connectivity index (χ2v) is 9.10. The van der Waals surface area contributed by atoms with Crippen molar-refractivity contribution in [2.45, 2.75) is 85.4 Å². The van der Waals surface area contributed by atoms with E-state index in [0.29, 0.717) is 39.6 Å². The molecule has 0 saturated heterocycles. The van der Waals surface area contributed by atoms with Gasteiger partial charge in [-0.15, -0.1) is 0 Å². The van der Waals surface area contributed by atoms with E-state index in [1.807, 2.05) is 12.1 Å². The molecule has 0 N–H and O–H groups in total. The fraction of sp³-hybridized carbons (Fsp3) is 0.704. The van der Waals surface area contributed by atoms with E-state index in [2.05, 4.69) is 27.7 Å². The third-order valence-corrected chi connectivity index (χ3v) is 5.56. The maximum absolute atomic E-state index is 6.19. The quantitative estimate of drug-likeness (QED) is 0.123. The van der Waals surface area contributed by atoms with Crippen molar-refractivity contribution in [3.63, 3.8) is 0 Å². The van der Waals surface area contributed by atoms with Crippen LogP contribution < -0.4 is 9.47 Å². The Morgan fingerprint density at radius 2 is 1.38 bits per heavy atom. The van der Waals surface area contributed by atoms with E-state index in [-0.39, 0.29) is 10.8 Å². The maximum atomic E-state index is 6.19. The Bertz CT molecular complexity index is 642. The molecule has 0 heterocycles. The van der Waals surface area contributed by atoms with Gasteiger partial charge in [-0.25, -0.2) is 0 Å². The van der Waals surface area contributed by atoms with Crippen molar-refractivity contribution < 1.29 is 23.7 Å². The number of unbranched alkanes of at least 4 members (excludes halogenated alkanes) is 3. The molecule has 0 amide bonds. The van der Waals surface area contributed by atoms with E-state index in [9.17, 15) is 0 Å². The summed E-state index contributed by atoms with van der Waals surface area (Å²) in [7, 11) is 0. The molecule has 34 heavy (non-hydrogen) atoms. The first-order chi connectivity index (χ1) is 16.5. The highest BCUT2D eigenvalue weighted by atomic mass is 35.5. The van der Waals surface area contributed by atoms with E-state index in [4.69, 9.17) is 46.9 Å². The lowest BCUT2D eigenvalue weighted by Crippen LogP contribution is -2.25. The fourth-order valence-electron chi connectivity index (χ4n) is 3.24. The van der Waals surface area contributed by atoms with Gasteiger partial charge in [0.15, 0.2) is 6.29 Å².